The fourth-order valence-corrected chi connectivity index (χ4v) is 3.00. The molecule has 0 saturated heterocycles. The van der Waals surface area contributed by atoms with E-state index in [1.165, 1.54) is 0 Å². The number of aliphatic hydroxyl groups is 1. The minimum atomic E-state index is -0.586. The van der Waals surface area contributed by atoms with Crippen LogP contribution < -0.4 is 5.32 Å². The van der Waals surface area contributed by atoms with Crippen molar-refractivity contribution in [1.82, 2.24) is 5.32 Å². The van der Waals surface area contributed by atoms with E-state index < -0.39 is 6.10 Å². The van der Waals surface area contributed by atoms with Crippen molar-refractivity contribution in [2.24, 2.45) is 0 Å². The first-order valence-corrected chi connectivity index (χ1v) is 8.41. The van der Waals surface area contributed by atoms with E-state index in [9.17, 15) is 9.90 Å². The third kappa shape index (κ3) is 4.90. The summed E-state index contributed by atoms with van der Waals surface area (Å²) < 4.78 is 0. The summed E-state index contributed by atoms with van der Waals surface area (Å²) in [5.74, 6) is 0.782. The molecule has 0 spiro atoms. The SMILES string of the molecule is CCSc1ccccc1C(=O)NCC(O)Cc1ccccc1. The number of rotatable bonds is 7. The Labute approximate surface area is 135 Å². The average Bonchev–Trinajstić information content (AvgIpc) is 2.54. The molecular weight excluding hydrogens is 294 g/mol. The topological polar surface area (TPSA) is 49.3 Å². The van der Waals surface area contributed by atoms with Crippen LogP contribution in [-0.4, -0.2) is 29.4 Å². The van der Waals surface area contributed by atoms with Crippen LogP contribution in [0.25, 0.3) is 0 Å². The van der Waals surface area contributed by atoms with Gasteiger partial charge in [-0.2, -0.15) is 0 Å². The lowest BCUT2D eigenvalue weighted by atomic mass is 10.1. The largest absolute Gasteiger partial charge is 0.391 e. The van der Waals surface area contributed by atoms with Gasteiger partial charge in [-0.05, 0) is 23.4 Å². The Hall–Kier alpha value is -1.78. The lowest BCUT2D eigenvalue weighted by molar-refractivity contribution is 0.0913. The van der Waals surface area contributed by atoms with Crippen LogP contribution in [0, 0.1) is 0 Å². The van der Waals surface area contributed by atoms with Crippen molar-refractivity contribution in [2.45, 2.75) is 24.3 Å². The van der Waals surface area contributed by atoms with Crippen LogP contribution in [0.15, 0.2) is 59.5 Å². The maximum Gasteiger partial charge on any atom is 0.252 e. The molecule has 0 heterocycles. The fourth-order valence-electron chi connectivity index (χ4n) is 2.20. The van der Waals surface area contributed by atoms with Gasteiger partial charge in [0.15, 0.2) is 0 Å². The number of carbonyl (C=O) groups excluding carboxylic acids is 1. The van der Waals surface area contributed by atoms with Gasteiger partial charge in [0.2, 0.25) is 0 Å². The molecule has 116 valence electrons. The molecule has 0 fully saturated rings. The van der Waals surface area contributed by atoms with Gasteiger partial charge in [0, 0.05) is 17.9 Å². The van der Waals surface area contributed by atoms with E-state index in [1.54, 1.807) is 11.8 Å². The smallest absolute Gasteiger partial charge is 0.252 e. The molecule has 4 heteroatoms. The molecule has 3 nitrogen and oxygen atoms in total. The minimum Gasteiger partial charge on any atom is -0.391 e. The van der Waals surface area contributed by atoms with E-state index in [1.807, 2.05) is 54.6 Å². The number of amides is 1. The predicted octanol–water partition coefficient (Wildman–Crippen LogP) is 3.13. The lowest BCUT2D eigenvalue weighted by Gasteiger charge is -2.13. The van der Waals surface area contributed by atoms with Crippen LogP contribution in [0.1, 0.15) is 22.8 Å². The summed E-state index contributed by atoms with van der Waals surface area (Å²) >= 11 is 1.64. The first-order valence-electron chi connectivity index (χ1n) is 7.42. The molecule has 0 radical (unpaired) electrons. The number of benzene rings is 2. The molecule has 2 aromatic rings. The number of nitrogens with one attached hydrogen (secondary N) is 1. The lowest BCUT2D eigenvalue weighted by Crippen LogP contribution is -2.33. The normalized spacial score (nSPS) is 11.9. The summed E-state index contributed by atoms with van der Waals surface area (Å²) in [5, 5.41) is 12.9. The highest BCUT2D eigenvalue weighted by Gasteiger charge is 2.12. The zero-order valence-corrected chi connectivity index (χ0v) is 13.5. The van der Waals surface area contributed by atoms with Gasteiger partial charge in [0.05, 0.1) is 11.7 Å². The number of hydrogen-bond donors (Lipinski definition) is 2. The molecular formula is C18H21NO2S. The number of thioether (sulfide) groups is 1. The first-order chi connectivity index (χ1) is 10.7. The summed E-state index contributed by atoms with van der Waals surface area (Å²) in [7, 11) is 0. The van der Waals surface area contributed by atoms with Crippen molar-refractivity contribution >= 4 is 17.7 Å². The van der Waals surface area contributed by atoms with Crippen molar-refractivity contribution in [2.75, 3.05) is 12.3 Å². The second kappa shape index (κ2) is 8.61. The van der Waals surface area contributed by atoms with Crippen LogP contribution >= 0.6 is 11.8 Å². The molecule has 22 heavy (non-hydrogen) atoms. The maximum atomic E-state index is 12.3. The van der Waals surface area contributed by atoms with Crippen LogP contribution in [0.2, 0.25) is 0 Å². The van der Waals surface area contributed by atoms with E-state index >= 15 is 0 Å². The molecule has 2 aromatic carbocycles. The highest BCUT2D eigenvalue weighted by atomic mass is 32.2. The second-order valence-electron chi connectivity index (χ2n) is 4.98. The molecule has 0 saturated carbocycles. The van der Waals surface area contributed by atoms with Crippen molar-refractivity contribution in [3.05, 3.63) is 65.7 Å². The van der Waals surface area contributed by atoms with Gasteiger partial charge in [-0.15, -0.1) is 11.8 Å². The van der Waals surface area contributed by atoms with Crippen LogP contribution in [0.3, 0.4) is 0 Å². The summed E-state index contributed by atoms with van der Waals surface area (Å²) in [6, 6.07) is 17.3. The molecule has 0 aliphatic heterocycles. The number of hydrogen-bond acceptors (Lipinski definition) is 3. The fraction of sp³-hybridized carbons (Fsp3) is 0.278. The van der Waals surface area contributed by atoms with Crippen molar-refractivity contribution in [3.8, 4) is 0 Å². The zero-order valence-electron chi connectivity index (χ0n) is 12.7. The maximum absolute atomic E-state index is 12.3. The Bertz CT molecular complexity index is 601. The highest BCUT2D eigenvalue weighted by molar-refractivity contribution is 7.99. The van der Waals surface area contributed by atoms with E-state index in [0.717, 1.165) is 16.2 Å². The van der Waals surface area contributed by atoms with Crippen LogP contribution in [0.5, 0.6) is 0 Å². The molecule has 0 aromatic heterocycles. The third-order valence-corrected chi connectivity index (χ3v) is 4.20. The van der Waals surface area contributed by atoms with Gasteiger partial charge in [-0.1, -0.05) is 49.4 Å². The van der Waals surface area contributed by atoms with Crippen LogP contribution in [0.4, 0.5) is 0 Å². The Kier molecular flexibility index (Phi) is 6.49. The molecule has 1 unspecified atom stereocenters. The number of carbonyl (C=O) groups is 1. The molecule has 0 bridgehead atoms. The molecule has 0 aliphatic carbocycles. The summed E-state index contributed by atoms with van der Waals surface area (Å²) in [5.41, 5.74) is 1.73. The minimum absolute atomic E-state index is 0.135. The van der Waals surface area contributed by atoms with Gasteiger partial charge in [-0.25, -0.2) is 0 Å². The zero-order chi connectivity index (χ0) is 15.8. The highest BCUT2D eigenvalue weighted by Crippen LogP contribution is 2.22. The molecule has 2 N–H and O–H groups in total. The van der Waals surface area contributed by atoms with E-state index in [-0.39, 0.29) is 12.5 Å². The summed E-state index contributed by atoms with van der Waals surface area (Å²) in [4.78, 5) is 13.2. The summed E-state index contributed by atoms with van der Waals surface area (Å²) in [6.07, 6.45) is -0.0516. The Morgan fingerprint density at radius 1 is 1.14 bits per heavy atom. The molecule has 0 aliphatic rings. The monoisotopic (exact) mass is 315 g/mol. The second-order valence-corrected chi connectivity index (χ2v) is 6.29. The van der Waals surface area contributed by atoms with Gasteiger partial charge >= 0.3 is 0 Å². The molecule has 1 atom stereocenters. The van der Waals surface area contributed by atoms with E-state index in [0.29, 0.717) is 12.0 Å². The Balaban J connectivity index is 1.90. The Morgan fingerprint density at radius 2 is 1.82 bits per heavy atom. The van der Waals surface area contributed by atoms with Gasteiger partial charge in [-0.3, -0.25) is 4.79 Å². The van der Waals surface area contributed by atoms with Gasteiger partial charge < -0.3 is 10.4 Å². The van der Waals surface area contributed by atoms with Gasteiger partial charge in [0.1, 0.15) is 0 Å². The predicted molar refractivity (Wildman–Crippen MR) is 91.3 cm³/mol. The standard InChI is InChI=1S/C18H21NO2S/c1-2-22-17-11-7-6-10-16(17)18(21)19-13-15(20)12-14-8-4-3-5-9-14/h3-11,15,20H,2,12-13H2,1H3,(H,19,21). The van der Waals surface area contributed by atoms with Crippen molar-refractivity contribution in [3.63, 3.8) is 0 Å². The van der Waals surface area contributed by atoms with Crippen molar-refractivity contribution < 1.29 is 9.90 Å². The van der Waals surface area contributed by atoms with Crippen LogP contribution in [-0.2, 0) is 6.42 Å². The Morgan fingerprint density at radius 3 is 2.55 bits per heavy atom. The van der Waals surface area contributed by atoms with Gasteiger partial charge in [0.25, 0.3) is 5.91 Å². The van der Waals surface area contributed by atoms with E-state index in [2.05, 4.69) is 12.2 Å². The third-order valence-electron chi connectivity index (χ3n) is 3.24. The summed E-state index contributed by atoms with van der Waals surface area (Å²) in [6.45, 7) is 2.31. The first kappa shape index (κ1) is 16.6. The number of aliphatic hydroxyl groups excluding tert-OH is 1. The van der Waals surface area contributed by atoms with Crippen molar-refractivity contribution in [1.29, 1.82) is 0 Å². The molecule has 1 amide bonds. The van der Waals surface area contributed by atoms with E-state index in [4.69, 9.17) is 0 Å². The molecule has 2 rings (SSSR count). The quantitative estimate of drug-likeness (QED) is 0.772. The average molecular weight is 315 g/mol.